The molecule has 5 nitrogen and oxygen atoms in total. The number of halogens is 3. The lowest BCUT2D eigenvalue weighted by atomic mass is 10.1. The molecule has 0 aliphatic carbocycles. The fourth-order valence-electron chi connectivity index (χ4n) is 2.89. The van der Waals surface area contributed by atoms with Gasteiger partial charge in [-0.1, -0.05) is 12.1 Å². The molecule has 0 radical (unpaired) electrons. The molecule has 1 aliphatic rings. The molecule has 0 bridgehead atoms. The second kappa shape index (κ2) is 7.99. The Bertz CT molecular complexity index is 1200. The van der Waals surface area contributed by atoms with Crippen molar-refractivity contribution in [3.8, 4) is 17.1 Å². The number of thioether (sulfide) groups is 1. The van der Waals surface area contributed by atoms with Crippen LogP contribution in [-0.4, -0.2) is 23.2 Å². The number of phenolic OH excluding ortho intramolecular Hbond substituents is 1. The van der Waals surface area contributed by atoms with Crippen LogP contribution >= 0.6 is 11.8 Å². The van der Waals surface area contributed by atoms with Crippen LogP contribution in [0.5, 0.6) is 5.75 Å². The summed E-state index contributed by atoms with van der Waals surface area (Å²) in [5.74, 6) is 0.273. The van der Waals surface area contributed by atoms with Crippen LogP contribution in [0.4, 0.5) is 18.9 Å². The minimum absolute atomic E-state index is 0.129. The van der Waals surface area contributed by atoms with Crippen molar-refractivity contribution in [1.29, 1.82) is 0 Å². The van der Waals surface area contributed by atoms with Gasteiger partial charge in [0, 0.05) is 24.4 Å². The van der Waals surface area contributed by atoms with Gasteiger partial charge in [-0.15, -0.1) is 0 Å². The number of aromatic hydroxyl groups is 1. The highest BCUT2D eigenvalue weighted by atomic mass is 32.2. The van der Waals surface area contributed by atoms with Crippen LogP contribution < -0.4 is 4.90 Å². The summed E-state index contributed by atoms with van der Waals surface area (Å²) >= 11 is 1.15. The van der Waals surface area contributed by atoms with Crippen molar-refractivity contribution >= 4 is 34.6 Å². The summed E-state index contributed by atoms with van der Waals surface area (Å²) in [6, 6.07) is 14.4. The number of carbonyl (C=O) groups is 1. The van der Waals surface area contributed by atoms with Crippen molar-refractivity contribution in [2.75, 3.05) is 11.9 Å². The first-order valence-corrected chi connectivity index (χ1v) is 9.85. The minimum Gasteiger partial charge on any atom is -0.508 e. The molecule has 0 atom stereocenters. The monoisotopic (exact) mass is 444 g/mol. The zero-order chi connectivity index (χ0) is 22.2. The molecule has 31 heavy (non-hydrogen) atoms. The smallest absolute Gasteiger partial charge is 0.416 e. The number of carbonyl (C=O) groups excluding carboxylic acids is 1. The molecule has 1 aliphatic heterocycles. The third-order valence-electron chi connectivity index (χ3n) is 4.51. The second-order valence-electron chi connectivity index (χ2n) is 6.67. The van der Waals surface area contributed by atoms with E-state index in [2.05, 4.69) is 4.99 Å². The lowest BCUT2D eigenvalue weighted by Gasteiger charge is -2.17. The molecule has 1 N–H and O–H groups in total. The van der Waals surface area contributed by atoms with Crippen LogP contribution in [0.15, 0.2) is 75.0 Å². The van der Waals surface area contributed by atoms with E-state index in [1.54, 1.807) is 36.2 Å². The largest absolute Gasteiger partial charge is 0.508 e. The zero-order valence-electron chi connectivity index (χ0n) is 16.1. The highest BCUT2D eigenvalue weighted by Gasteiger charge is 2.30. The molecule has 0 saturated heterocycles. The summed E-state index contributed by atoms with van der Waals surface area (Å²) < 4.78 is 44.5. The van der Waals surface area contributed by atoms with E-state index in [9.17, 15) is 23.1 Å². The van der Waals surface area contributed by atoms with Crippen LogP contribution in [0.3, 0.4) is 0 Å². The molecule has 1 aromatic heterocycles. The van der Waals surface area contributed by atoms with Gasteiger partial charge in [-0.25, -0.2) is 0 Å². The van der Waals surface area contributed by atoms with Crippen molar-refractivity contribution in [3.05, 3.63) is 76.9 Å². The average Bonchev–Trinajstić information content (AvgIpc) is 3.35. The summed E-state index contributed by atoms with van der Waals surface area (Å²) in [5, 5.41) is 9.86. The fourth-order valence-corrected chi connectivity index (χ4v) is 3.77. The number of hydrogen-bond donors (Lipinski definition) is 1. The van der Waals surface area contributed by atoms with Crippen molar-refractivity contribution in [2.45, 2.75) is 6.18 Å². The predicted octanol–water partition coefficient (Wildman–Crippen LogP) is 5.78. The Morgan fingerprint density at radius 3 is 2.55 bits per heavy atom. The molecule has 3 aromatic rings. The minimum atomic E-state index is -4.45. The maximum atomic E-state index is 12.9. The predicted molar refractivity (Wildman–Crippen MR) is 114 cm³/mol. The van der Waals surface area contributed by atoms with Gasteiger partial charge in [-0.2, -0.15) is 18.2 Å². The Morgan fingerprint density at radius 1 is 1.10 bits per heavy atom. The summed E-state index contributed by atoms with van der Waals surface area (Å²) in [4.78, 5) is 18.4. The molecule has 0 spiro atoms. The third kappa shape index (κ3) is 4.51. The Hall–Kier alpha value is -3.46. The average molecular weight is 444 g/mol. The number of benzene rings is 2. The van der Waals surface area contributed by atoms with Gasteiger partial charge in [0.1, 0.15) is 17.3 Å². The highest BCUT2D eigenvalue weighted by Crippen LogP contribution is 2.35. The fraction of sp³-hybridized carbons (Fsp3) is 0.0909. The normalized spacial score (nSPS) is 15.4. The number of nitrogens with zero attached hydrogens (tertiary/aromatic N) is 2. The van der Waals surface area contributed by atoms with Crippen molar-refractivity contribution in [2.24, 2.45) is 4.99 Å². The lowest BCUT2D eigenvalue weighted by Crippen LogP contribution is -2.21. The number of aliphatic imine (C=N–C) groups is 1. The maximum Gasteiger partial charge on any atom is 0.416 e. The van der Waals surface area contributed by atoms with E-state index in [0.29, 0.717) is 15.8 Å². The van der Waals surface area contributed by atoms with Gasteiger partial charge in [-0.05, 0) is 60.3 Å². The molecule has 9 heteroatoms. The van der Waals surface area contributed by atoms with Crippen LogP contribution in [-0.2, 0) is 11.0 Å². The number of alkyl halides is 3. The first kappa shape index (κ1) is 20.8. The molecule has 2 aromatic carbocycles. The number of anilines is 1. The van der Waals surface area contributed by atoms with E-state index in [4.69, 9.17) is 4.42 Å². The van der Waals surface area contributed by atoms with E-state index in [-0.39, 0.29) is 17.1 Å². The molecule has 0 saturated carbocycles. The van der Waals surface area contributed by atoms with Crippen LogP contribution in [0, 0.1) is 0 Å². The van der Waals surface area contributed by atoms with Gasteiger partial charge in [0.05, 0.1) is 10.5 Å². The zero-order valence-corrected chi connectivity index (χ0v) is 16.9. The molecule has 1 amide bonds. The SMILES string of the molecule is CN(C1=NC(=O)/C(=C/c2ccc(-c3cccc(C(F)(F)F)c3)o2)S1)c1ccc(O)cc1. The Morgan fingerprint density at radius 2 is 1.84 bits per heavy atom. The lowest BCUT2D eigenvalue weighted by molar-refractivity contribution is -0.137. The molecule has 158 valence electrons. The number of furan rings is 1. The van der Waals surface area contributed by atoms with E-state index in [1.807, 2.05) is 0 Å². The quantitative estimate of drug-likeness (QED) is 0.519. The van der Waals surface area contributed by atoms with Crippen LogP contribution in [0.1, 0.15) is 11.3 Å². The van der Waals surface area contributed by atoms with Crippen molar-refractivity contribution in [3.63, 3.8) is 0 Å². The standard InChI is InChI=1S/C22H15F3N2O3S/c1-27(15-5-7-16(28)8-6-15)21-26-20(29)19(31-21)12-17-9-10-18(30-17)13-3-2-4-14(11-13)22(23,24)25/h2-12,28H,1H3/b19-12-. The van der Waals surface area contributed by atoms with Gasteiger partial charge in [0.15, 0.2) is 5.17 Å². The van der Waals surface area contributed by atoms with Gasteiger partial charge >= 0.3 is 6.18 Å². The van der Waals surface area contributed by atoms with Crippen LogP contribution in [0.2, 0.25) is 0 Å². The summed E-state index contributed by atoms with van der Waals surface area (Å²) in [6.45, 7) is 0. The first-order valence-electron chi connectivity index (χ1n) is 9.03. The van der Waals surface area contributed by atoms with E-state index >= 15 is 0 Å². The number of rotatable bonds is 3. The second-order valence-corrected chi connectivity index (χ2v) is 7.68. The van der Waals surface area contributed by atoms with Crippen molar-refractivity contribution < 1.29 is 27.5 Å². The molecular weight excluding hydrogens is 429 g/mol. The molecule has 0 unspecified atom stereocenters. The van der Waals surface area contributed by atoms with Gasteiger partial charge in [-0.3, -0.25) is 4.79 Å². The molecule has 0 fully saturated rings. The van der Waals surface area contributed by atoms with E-state index < -0.39 is 17.6 Å². The third-order valence-corrected chi connectivity index (χ3v) is 5.57. The number of phenols is 1. The molecule has 2 heterocycles. The van der Waals surface area contributed by atoms with Gasteiger partial charge < -0.3 is 14.4 Å². The number of hydrogen-bond acceptors (Lipinski definition) is 5. The Kier molecular flexibility index (Phi) is 5.36. The summed E-state index contributed by atoms with van der Waals surface area (Å²) in [5.41, 5.74) is 0.259. The number of amides is 1. The summed E-state index contributed by atoms with van der Waals surface area (Å²) in [6.07, 6.45) is -2.94. The van der Waals surface area contributed by atoms with E-state index in [0.717, 1.165) is 29.6 Å². The molecule has 4 rings (SSSR count). The summed E-state index contributed by atoms with van der Waals surface area (Å²) in [7, 11) is 1.74. The van der Waals surface area contributed by atoms with Gasteiger partial charge in [0.25, 0.3) is 5.91 Å². The first-order chi connectivity index (χ1) is 14.7. The Balaban J connectivity index is 1.53. The maximum absolute atomic E-state index is 12.9. The topological polar surface area (TPSA) is 66.0 Å². The van der Waals surface area contributed by atoms with E-state index in [1.165, 1.54) is 30.3 Å². The highest BCUT2D eigenvalue weighted by molar-refractivity contribution is 8.18. The van der Waals surface area contributed by atoms with Crippen LogP contribution in [0.25, 0.3) is 17.4 Å². The Labute approximate surface area is 179 Å². The molecular formula is C22H15F3N2O3S. The number of amidine groups is 1. The van der Waals surface area contributed by atoms with Gasteiger partial charge in [0.2, 0.25) is 0 Å². The van der Waals surface area contributed by atoms with Crippen molar-refractivity contribution in [1.82, 2.24) is 0 Å².